The van der Waals surface area contributed by atoms with Crippen molar-refractivity contribution < 1.29 is 4.79 Å². The van der Waals surface area contributed by atoms with Crippen LogP contribution in [0.4, 0.5) is 0 Å². The van der Waals surface area contributed by atoms with Gasteiger partial charge in [-0.2, -0.15) is 0 Å². The van der Waals surface area contributed by atoms with Gasteiger partial charge in [0.1, 0.15) is 0 Å². The number of amides is 1. The molecule has 4 heteroatoms. The molecular formula is C19H25N3O. The summed E-state index contributed by atoms with van der Waals surface area (Å²) in [6.45, 7) is 0. The van der Waals surface area contributed by atoms with Gasteiger partial charge >= 0.3 is 0 Å². The van der Waals surface area contributed by atoms with Gasteiger partial charge in [-0.1, -0.05) is 36.8 Å². The normalized spacial score (nSPS) is 20.6. The second-order valence-electron chi connectivity index (χ2n) is 6.53. The van der Waals surface area contributed by atoms with E-state index < -0.39 is 0 Å². The number of imidazole rings is 1. The van der Waals surface area contributed by atoms with E-state index >= 15 is 0 Å². The molecule has 0 unspecified atom stereocenters. The highest BCUT2D eigenvalue weighted by Gasteiger charge is 2.32. The van der Waals surface area contributed by atoms with Crippen molar-refractivity contribution in [2.75, 3.05) is 7.05 Å². The lowest BCUT2D eigenvalue weighted by atomic mass is 9.93. The van der Waals surface area contributed by atoms with Gasteiger partial charge in [-0.05, 0) is 37.2 Å². The van der Waals surface area contributed by atoms with Gasteiger partial charge in [0.05, 0.1) is 6.33 Å². The summed E-state index contributed by atoms with van der Waals surface area (Å²) in [7, 11) is 1.98. The Morgan fingerprint density at radius 3 is 2.87 bits per heavy atom. The van der Waals surface area contributed by atoms with E-state index in [-0.39, 0.29) is 5.91 Å². The minimum atomic E-state index is 0.240. The molecule has 1 saturated carbocycles. The largest absolute Gasteiger partial charge is 0.348 e. The van der Waals surface area contributed by atoms with Gasteiger partial charge in [0.25, 0.3) is 0 Å². The molecule has 1 aliphatic carbocycles. The van der Waals surface area contributed by atoms with Gasteiger partial charge < -0.3 is 9.88 Å². The molecule has 2 atom stereocenters. The summed E-state index contributed by atoms with van der Waals surface area (Å²) < 4.78 is 0. The lowest BCUT2D eigenvalue weighted by molar-refractivity contribution is -0.132. The second-order valence-corrected chi connectivity index (χ2v) is 6.53. The zero-order valence-corrected chi connectivity index (χ0v) is 13.7. The number of hydrogen-bond acceptors (Lipinski definition) is 2. The van der Waals surface area contributed by atoms with Crippen molar-refractivity contribution in [1.29, 1.82) is 0 Å². The lowest BCUT2D eigenvalue weighted by Gasteiger charge is -2.30. The van der Waals surface area contributed by atoms with Crippen LogP contribution in [-0.4, -0.2) is 33.9 Å². The number of H-pyrrole nitrogens is 1. The molecular weight excluding hydrogens is 286 g/mol. The zero-order valence-electron chi connectivity index (χ0n) is 13.7. The van der Waals surface area contributed by atoms with Crippen LogP contribution in [0.3, 0.4) is 0 Å². The van der Waals surface area contributed by atoms with E-state index in [2.05, 4.69) is 40.3 Å². The second kappa shape index (κ2) is 7.44. The average molecular weight is 311 g/mol. The number of nitrogens with one attached hydrogen (secondary N) is 1. The van der Waals surface area contributed by atoms with Crippen molar-refractivity contribution in [3.63, 3.8) is 0 Å². The number of carbonyl (C=O) groups excluding carboxylic acids is 1. The number of aromatic amines is 1. The van der Waals surface area contributed by atoms with Crippen LogP contribution < -0.4 is 0 Å². The average Bonchev–Trinajstić information content (AvgIpc) is 3.24. The van der Waals surface area contributed by atoms with Crippen molar-refractivity contribution in [2.45, 2.75) is 44.6 Å². The molecule has 0 aliphatic heterocycles. The summed E-state index contributed by atoms with van der Waals surface area (Å²) in [4.78, 5) is 21.6. The molecule has 1 aromatic carbocycles. The van der Waals surface area contributed by atoms with Crippen LogP contribution in [0.5, 0.6) is 0 Å². The highest BCUT2D eigenvalue weighted by atomic mass is 16.2. The van der Waals surface area contributed by atoms with Crippen LogP contribution in [0.1, 0.15) is 36.9 Å². The maximum Gasteiger partial charge on any atom is 0.222 e. The van der Waals surface area contributed by atoms with Crippen LogP contribution in [0, 0.1) is 5.92 Å². The number of aryl methyl sites for hydroxylation is 1. The van der Waals surface area contributed by atoms with E-state index in [9.17, 15) is 4.79 Å². The molecule has 122 valence electrons. The first-order chi connectivity index (χ1) is 11.2. The summed E-state index contributed by atoms with van der Waals surface area (Å²) in [5.74, 6) is 0.822. The summed E-state index contributed by atoms with van der Waals surface area (Å²) >= 11 is 0. The van der Waals surface area contributed by atoms with E-state index in [1.807, 2.05) is 11.9 Å². The maximum absolute atomic E-state index is 12.5. The van der Waals surface area contributed by atoms with E-state index in [0.717, 1.165) is 25.0 Å². The Bertz CT molecular complexity index is 609. The van der Waals surface area contributed by atoms with Gasteiger partial charge in [-0.15, -0.1) is 0 Å². The summed E-state index contributed by atoms with van der Waals surface area (Å²) in [5, 5.41) is 0. The molecule has 1 heterocycles. The smallest absolute Gasteiger partial charge is 0.222 e. The standard InChI is InChI=1S/C19H25N3O/c1-22(19(23)11-10-17-13-20-14-21-17)18-9-5-8-16(18)12-15-6-3-2-4-7-15/h2-4,6-7,13-14,16,18H,5,8-12H2,1H3,(H,20,21)/t16-,18-/m1/s1. The molecule has 1 aromatic heterocycles. The molecule has 1 amide bonds. The zero-order chi connectivity index (χ0) is 16.1. The number of benzene rings is 1. The molecule has 4 nitrogen and oxygen atoms in total. The van der Waals surface area contributed by atoms with Crippen molar-refractivity contribution in [3.05, 3.63) is 54.1 Å². The maximum atomic E-state index is 12.5. The Labute approximate surface area is 137 Å². The van der Waals surface area contributed by atoms with Crippen LogP contribution >= 0.6 is 0 Å². The molecule has 1 aliphatic rings. The van der Waals surface area contributed by atoms with Crippen LogP contribution in [-0.2, 0) is 17.6 Å². The minimum absolute atomic E-state index is 0.240. The van der Waals surface area contributed by atoms with Gasteiger partial charge in [-0.25, -0.2) is 4.98 Å². The predicted molar refractivity (Wildman–Crippen MR) is 91.0 cm³/mol. The molecule has 3 rings (SSSR count). The van der Waals surface area contributed by atoms with Gasteiger partial charge in [0.15, 0.2) is 0 Å². The van der Waals surface area contributed by atoms with Gasteiger partial charge in [0.2, 0.25) is 5.91 Å². The molecule has 1 fully saturated rings. The van der Waals surface area contributed by atoms with Crippen molar-refractivity contribution >= 4 is 5.91 Å². The number of nitrogens with zero attached hydrogens (tertiary/aromatic N) is 2. The Morgan fingerprint density at radius 2 is 2.13 bits per heavy atom. The number of hydrogen-bond donors (Lipinski definition) is 1. The first-order valence-corrected chi connectivity index (χ1v) is 8.51. The third-order valence-electron chi connectivity index (χ3n) is 5.01. The Morgan fingerprint density at radius 1 is 1.30 bits per heavy atom. The fourth-order valence-corrected chi connectivity index (χ4v) is 3.71. The molecule has 0 saturated heterocycles. The third-order valence-corrected chi connectivity index (χ3v) is 5.01. The van der Waals surface area contributed by atoms with Gasteiger partial charge in [0, 0.05) is 31.4 Å². The molecule has 1 N–H and O–H groups in total. The topological polar surface area (TPSA) is 49.0 Å². The lowest BCUT2D eigenvalue weighted by Crippen LogP contribution is -2.40. The molecule has 23 heavy (non-hydrogen) atoms. The predicted octanol–water partition coefficient (Wildman–Crippen LogP) is 3.21. The first-order valence-electron chi connectivity index (χ1n) is 8.51. The molecule has 0 bridgehead atoms. The number of rotatable bonds is 6. The van der Waals surface area contributed by atoms with Crippen LogP contribution in [0.25, 0.3) is 0 Å². The van der Waals surface area contributed by atoms with E-state index in [0.29, 0.717) is 18.4 Å². The molecule has 0 radical (unpaired) electrons. The summed E-state index contributed by atoms with van der Waals surface area (Å²) in [6, 6.07) is 11.0. The van der Waals surface area contributed by atoms with Crippen molar-refractivity contribution in [1.82, 2.24) is 14.9 Å². The Kier molecular flexibility index (Phi) is 5.11. The highest BCUT2D eigenvalue weighted by molar-refractivity contribution is 5.76. The summed E-state index contributed by atoms with van der Waals surface area (Å²) in [6.07, 6.45) is 9.38. The monoisotopic (exact) mass is 311 g/mol. The molecule has 2 aromatic rings. The summed E-state index contributed by atoms with van der Waals surface area (Å²) in [5.41, 5.74) is 2.40. The minimum Gasteiger partial charge on any atom is -0.348 e. The SMILES string of the molecule is CN(C(=O)CCc1cnc[nH]1)[C@@H]1CCC[C@@H]1Cc1ccccc1. The third kappa shape index (κ3) is 4.01. The van der Waals surface area contributed by atoms with E-state index in [4.69, 9.17) is 0 Å². The quantitative estimate of drug-likeness (QED) is 0.890. The first kappa shape index (κ1) is 15.8. The van der Waals surface area contributed by atoms with Crippen LogP contribution in [0.15, 0.2) is 42.9 Å². The van der Waals surface area contributed by atoms with E-state index in [1.54, 1.807) is 12.5 Å². The van der Waals surface area contributed by atoms with E-state index in [1.165, 1.54) is 18.4 Å². The fourth-order valence-electron chi connectivity index (χ4n) is 3.71. The highest BCUT2D eigenvalue weighted by Crippen LogP contribution is 2.32. The number of aromatic nitrogens is 2. The Balaban J connectivity index is 1.56. The van der Waals surface area contributed by atoms with Gasteiger partial charge in [-0.3, -0.25) is 4.79 Å². The Hall–Kier alpha value is -2.10. The van der Waals surface area contributed by atoms with Crippen LogP contribution in [0.2, 0.25) is 0 Å². The fraction of sp³-hybridized carbons (Fsp3) is 0.474. The van der Waals surface area contributed by atoms with Crippen molar-refractivity contribution in [2.24, 2.45) is 5.92 Å². The van der Waals surface area contributed by atoms with Crippen molar-refractivity contribution in [3.8, 4) is 0 Å². The number of carbonyl (C=O) groups is 1. The molecule has 0 spiro atoms.